The van der Waals surface area contributed by atoms with E-state index in [1.807, 2.05) is 43.3 Å². The van der Waals surface area contributed by atoms with Crippen molar-refractivity contribution in [1.82, 2.24) is 20.1 Å². The number of aliphatic imine (C=N–C) groups is 1. The van der Waals surface area contributed by atoms with Gasteiger partial charge in [0.05, 0.1) is 5.92 Å². The Morgan fingerprint density at radius 1 is 1.16 bits per heavy atom. The topological polar surface area (TPSA) is 103 Å². The van der Waals surface area contributed by atoms with E-state index in [0.717, 1.165) is 17.7 Å². The van der Waals surface area contributed by atoms with Crippen LogP contribution in [0.25, 0.3) is 15.9 Å². The molecule has 0 bridgehead atoms. The molecule has 4 aromatic rings. The van der Waals surface area contributed by atoms with Crippen molar-refractivity contribution in [1.29, 1.82) is 0 Å². The summed E-state index contributed by atoms with van der Waals surface area (Å²) in [6, 6.07) is 13.8. The van der Waals surface area contributed by atoms with Gasteiger partial charge in [-0.3, -0.25) is 0 Å². The molecule has 2 atom stereocenters. The SMILES string of the molecule is [C-]#[N+]C1C(CCC)=Nc2nn(C(=O)Nc3ccccc3)cc2C1c1cccc2nonc12. The van der Waals surface area contributed by atoms with Crippen molar-refractivity contribution >= 4 is 34.3 Å². The molecule has 9 heteroatoms. The van der Waals surface area contributed by atoms with Gasteiger partial charge in [-0.05, 0) is 40.5 Å². The number of rotatable bonds is 4. The maximum atomic E-state index is 12.8. The third-order valence-corrected chi connectivity index (χ3v) is 5.49. The molecule has 0 aliphatic carbocycles. The van der Waals surface area contributed by atoms with Crippen LogP contribution in [0.3, 0.4) is 0 Å². The fourth-order valence-electron chi connectivity index (χ4n) is 4.08. The molecule has 9 nitrogen and oxygen atoms in total. The number of para-hydroxylation sites is 1. The van der Waals surface area contributed by atoms with E-state index in [9.17, 15) is 4.79 Å². The molecule has 0 spiro atoms. The maximum absolute atomic E-state index is 12.8. The van der Waals surface area contributed by atoms with Crippen LogP contribution in [0, 0.1) is 6.57 Å². The summed E-state index contributed by atoms with van der Waals surface area (Å²) in [5, 5.41) is 15.3. The zero-order valence-electron chi connectivity index (χ0n) is 17.3. The zero-order chi connectivity index (χ0) is 22.1. The fraction of sp³-hybridized carbons (Fsp3) is 0.217. The lowest BCUT2D eigenvalue weighted by atomic mass is 9.81. The lowest BCUT2D eigenvalue weighted by molar-refractivity contribution is 0.251. The second-order valence-electron chi connectivity index (χ2n) is 7.53. The van der Waals surface area contributed by atoms with Crippen LogP contribution in [-0.2, 0) is 0 Å². The van der Waals surface area contributed by atoms with E-state index < -0.39 is 18.0 Å². The second kappa shape index (κ2) is 8.07. The van der Waals surface area contributed by atoms with Gasteiger partial charge in [0.15, 0.2) is 5.82 Å². The average Bonchev–Trinajstić information content (AvgIpc) is 3.46. The third-order valence-electron chi connectivity index (χ3n) is 5.49. The van der Waals surface area contributed by atoms with E-state index in [2.05, 4.69) is 30.6 Å². The highest BCUT2D eigenvalue weighted by atomic mass is 16.6. The van der Waals surface area contributed by atoms with Crippen LogP contribution < -0.4 is 5.32 Å². The van der Waals surface area contributed by atoms with Gasteiger partial charge in [-0.15, -0.1) is 5.10 Å². The first-order chi connectivity index (χ1) is 15.7. The van der Waals surface area contributed by atoms with Crippen LogP contribution >= 0.6 is 0 Å². The molecule has 3 heterocycles. The molecule has 32 heavy (non-hydrogen) atoms. The minimum atomic E-state index is -0.528. The zero-order valence-corrected chi connectivity index (χ0v) is 17.3. The van der Waals surface area contributed by atoms with Crippen LogP contribution in [0.5, 0.6) is 0 Å². The van der Waals surface area contributed by atoms with E-state index in [4.69, 9.17) is 11.2 Å². The Labute approximate surface area is 183 Å². The maximum Gasteiger partial charge on any atom is 0.346 e. The number of amides is 1. The van der Waals surface area contributed by atoms with Gasteiger partial charge in [0.2, 0.25) is 0 Å². The first kappa shape index (κ1) is 19.6. The van der Waals surface area contributed by atoms with Crippen molar-refractivity contribution in [3.8, 4) is 0 Å². The minimum absolute atomic E-state index is 0.393. The van der Waals surface area contributed by atoms with E-state index in [0.29, 0.717) is 34.5 Å². The Morgan fingerprint density at radius 3 is 2.78 bits per heavy atom. The van der Waals surface area contributed by atoms with Gasteiger partial charge >= 0.3 is 6.03 Å². The third kappa shape index (κ3) is 3.32. The van der Waals surface area contributed by atoms with E-state index >= 15 is 0 Å². The van der Waals surface area contributed by atoms with Gasteiger partial charge in [0.25, 0.3) is 6.04 Å². The first-order valence-electron chi connectivity index (χ1n) is 10.3. The van der Waals surface area contributed by atoms with Crippen LogP contribution in [0.15, 0.2) is 64.3 Å². The molecule has 2 aromatic carbocycles. The lowest BCUT2D eigenvalue weighted by Gasteiger charge is -2.23. The predicted molar refractivity (Wildman–Crippen MR) is 119 cm³/mol. The summed E-state index contributed by atoms with van der Waals surface area (Å²) in [6.45, 7) is 9.96. The van der Waals surface area contributed by atoms with Crippen molar-refractivity contribution in [2.24, 2.45) is 4.99 Å². The molecule has 158 valence electrons. The van der Waals surface area contributed by atoms with Gasteiger partial charge in [0.1, 0.15) is 16.7 Å². The summed E-state index contributed by atoms with van der Waals surface area (Å²) in [5.41, 5.74) is 4.12. The Morgan fingerprint density at radius 2 is 2.00 bits per heavy atom. The van der Waals surface area contributed by atoms with Crippen LogP contribution in [0.1, 0.15) is 36.8 Å². The molecule has 0 fully saturated rings. The Balaban J connectivity index is 1.62. The van der Waals surface area contributed by atoms with Crippen LogP contribution in [0.2, 0.25) is 0 Å². The summed E-state index contributed by atoms with van der Waals surface area (Å²) in [7, 11) is 0. The minimum Gasteiger partial charge on any atom is -0.306 e. The summed E-state index contributed by atoms with van der Waals surface area (Å²) in [5.74, 6) is 0.0467. The number of carbonyl (C=O) groups is 1. The quantitative estimate of drug-likeness (QED) is 0.473. The molecule has 2 unspecified atom stereocenters. The largest absolute Gasteiger partial charge is 0.346 e. The number of benzene rings is 2. The number of fused-ring (bicyclic) bond motifs is 2. The second-order valence-corrected chi connectivity index (χ2v) is 7.53. The van der Waals surface area contributed by atoms with Crippen molar-refractivity contribution in [2.45, 2.75) is 31.7 Å². The fourth-order valence-corrected chi connectivity index (χ4v) is 4.08. The first-order valence-corrected chi connectivity index (χ1v) is 10.3. The van der Waals surface area contributed by atoms with E-state index in [1.54, 1.807) is 18.3 Å². The van der Waals surface area contributed by atoms with Crippen molar-refractivity contribution < 1.29 is 9.42 Å². The molecular formula is C23H19N7O2. The smallest absolute Gasteiger partial charge is 0.306 e. The van der Waals surface area contributed by atoms with Gasteiger partial charge in [-0.2, -0.15) is 4.68 Å². The van der Waals surface area contributed by atoms with Crippen LogP contribution in [0.4, 0.5) is 16.3 Å². The number of nitrogens with zero attached hydrogens (tertiary/aromatic N) is 6. The number of anilines is 1. The highest BCUT2D eigenvalue weighted by molar-refractivity contribution is 5.98. The number of hydrogen-bond donors (Lipinski definition) is 1. The van der Waals surface area contributed by atoms with E-state index in [-0.39, 0.29) is 0 Å². The van der Waals surface area contributed by atoms with Crippen molar-refractivity contribution in [3.05, 3.63) is 77.3 Å². The molecule has 5 rings (SSSR count). The van der Waals surface area contributed by atoms with Gasteiger partial charge in [-0.25, -0.2) is 21.0 Å². The van der Waals surface area contributed by atoms with Crippen molar-refractivity contribution in [3.63, 3.8) is 0 Å². The van der Waals surface area contributed by atoms with Gasteiger partial charge in [0, 0.05) is 17.4 Å². The van der Waals surface area contributed by atoms with Gasteiger partial charge < -0.3 is 10.2 Å². The summed E-state index contributed by atoms with van der Waals surface area (Å²) in [4.78, 5) is 21.4. The normalized spacial score (nSPS) is 17.4. The highest BCUT2D eigenvalue weighted by Crippen LogP contribution is 2.42. The lowest BCUT2D eigenvalue weighted by Crippen LogP contribution is -2.29. The highest BCUT2D eigenvalue weighted by Gasteiger charge is 2.42. The van der Waals surface area contributed by atoms with E-state index in [1.165, 1.54) is 4.68 Å². The monoisotopic (exact) mass is 425 g/mol. The molecule has 0 saturated carbocycles. The molecule has 1 amide bonds. The Bertz CT molecular complexity index is 1360. The summed E-state index contributed by atoms with van der Waals surface area (Å²) < 4.78 is 6.19. The number of hydrogen-bond acceptors (Lipinski definition) is 6. The molecule has 1 aliphatic rings. The number of aromatic nitrogens is 4. The molecule has 0 saturated heterocycles. The van der Waals surface area contributed by atoms with Crippen molar-refractivity contribution in [2.75, 3.05) is 5.32 Å². The predicted octanol–water partition coefficient (Wildman–Crippen LogP) is 4.81. The molecular weight excluding hydrogens is 406 g/mol. The van der Waals surface area contributed by atoms with Gasteiger partial charge in [-0.1, -0.05) is 43.7 Å². The molecule has 0 radical (unpaired) electrons. The Hall–Kier alpha value is -4.32. The standard InChI is InChI=1S/C23H19N7O2/c1-3-8-17-21(24-2)19(15-11-7-12-18-20(15)29-32-28-18)16-13-30(27-22(16)26-17)23(31)25-14-9-5-4-6-10-14/h4-7,9-13,19,21H,3,8H2,1H3,(H,25,31). The van der Waals surface area contributed by atoms with Crippen LogP contribution in [-0.4, -0.2) is 37.9 Å². The molecule has 1 aliphatic heterocycles. The number of carbonyl (C=O) groups excluding carboxylic acids is 1. The summed E-state index contributed by atoms with van der Waals surface area (Å²) >= 11 is 0. The molecule has 1 N–H and O–H groups in total. The summed E-state index contributed by atoms with van der Waals surface area (Å²) in [6.07, 6.45) is 3.16. The average molecular weight is 425 g/mol. The molecule has 2 aromatic heterocycles. The number of nitrogens with one attached hydrogen (secondary N) is 1. The Kier molecular flexibility index (Phi) is 4.95.